The molecule has 8 heteroatoms. The Balaban J connectivity index is 2.15. The lowest BCUT2D eigenvalue weighted by Gasteiger charge is -2.24. The van der Waals surface area contributed by atoms with Crippen LogP contribution in [0.3, 0.4) is 0 Å². The van der Waals surface area contributed by atoms with Crippen molar-refractivity contribution in [1.29, 1.82) is 0 Å². The number of pyridine rings is 1. The summed E-state index contributed by atoms with van der Waals surface area (Å²) in [6.07, 6.45) is -2.84. The van der Waals surface area contributed by atoms with E-state index in [4.69, 9.17) is 5.11 Å². The Kier molecular flexibility index (Phi) is 5.61. The van der Waals surface area contributed by atoms with Gasteiger partial charge in [-0.1, -0.05) is 6.07 Å². The highest BCUT2D eigenvalue weighted by atomic mass is 19.4. The van der Waals surface area contributed by atoms with Crippen molar-refractivity contribution in [2.45, 2.75) is 32.2 Å². The molecule has 0 aromatic carbocycles. The molecule has 0 fully saturated rings. The average molecular weight is 331 g/mol. The molecule has 5 nitrogen and oxygen atoms in total. The van der Waals surface area contributed by atoms with E-state index in [0.717, 1.165) is 11.3 Å². The number of aliphatic hydroxyl groups excluding tert-OH is 2. The number of nitrogens with zero attached hydrogens (tertiary/aromatic N) is 3. The van der Waals surface area contributed by atoms with E-state index in [-0.39, 0.29) is 19.6 Å². The van der Waals surface area contributed by atoms with Crippen LogP contribution in [-0.2, 0) is 6.54 Å². The van der Waals surface area contributed by atoms with Gasteiger partial charge in [-0.05, 0) is 18.6 Å². The molecule has 2 N–H and O–H groups in total. The molecule has 0 aliphatic rings. The zero-order valence-corrected chi connectivity index (χ0v) is 12.8. The summed E-state index contributed by atoms with van der Waals surface area (Å²) in [5.41, 5.74) is 2.45. The van der Waals surface area contributed by atoms with Gasteiger partial charge in [0.2, 0.25) is 0 Å². The first kappa shape index (κ1) is 17.7. The largest absolute Gasteiger partial charge is 0.394 e. The highest BCUT2D eigenvalue weighted by Crippen LogP contribution is 2.21. The van der Waals surface area contributed by atoms with Gasteiger partial charge >= 0.3 is 6.18 Å². The zero-order chi connectivity index (χ0) is 17.0. The Morgan fingerprint density at radius 2 is 2.09 bits per heavy atom. The van der Waals surface area contributed by atoms with Gasteiger partial charge in [-0.3, -0.25) is 4.90 Å². The summed E-state index contributed by atoms with van der Waals surface area (Å²) in [5.74, 6) is 0. The van der Waals surface area contributed by atoms with Crippen LogP contribution >= 0.6 is 0 Å². The Bertz CT molecular complexity index is 642. The van der Waals surface area contributed by atoms with Crippen molar-refractivity contribution >= 4 is 5.65 Å². The second-order valence-corrected chi connectivity index (χ2v) is 5.62. The Hall–Kier alpha value is -1.64. The van der Waals surface area contributed by atoms with E-state index >= 15 is 0 Å². The van der Waals surface area contributed by atoms with Gasteiger partial charge in [0.1, 0.15) is 5.65 Å². The molecule has 0 aliphatic carbocycles. The van der Waals surface area contributed by atoms with Gasteiger partial charge in [0.25, 0.3) is 0 Å². The molecule has 128 valence electrons. The minimum absolute atomic E-state index is 0.0361. The fraction of sp³-hybridized carbons (Fsp3) is 0.533. The van der Waals surface area contributed by atoms with Crippen LogP contribution in [0.4, 0.5) is 13.2 Å². The van der Waals surface area contributed by atoms with E-state index in [1.807, 2.05) is 29.7 Å². The van der Waals surface area contributed by atoms with Gasteiger partial charge in [-0.25, -0.2) is 4.98 Å². The molecule has 0 amide bonds. The minimum Gasteiger partial charge on any atom is -0.394 e. The second-order valence-electron chi connectivity index (χ2n) is 5.62. The summed E-state index contributed by atoms with van der Waals surface area (Å²) in [6, 6.07) is 3.74. The maximum Gasteiger partial charge on any atom is 0.390 e. The van der Waals surface area contributed by atoms with Crippen LogP contribution in [0, 0.1) is 6.92 Å². The van der Waals surface area contributed by atoms with E-state index in [2.05, 4.69) is 4.98 Å². The van der Waals surface area contributed by atoms with Crippen LogP contribution in [-0.4, -0.2) is 56.5 Å². The predicted octanol–water partition coefficient (Wildman–Crippen LogP) is 1.75. The molecule has 0 saturated heterocycles. The number of aliphatic hydroxyl groups is 2. The Morgan fingerprint density at radius 1 is 1.35 bits per heavy atom. The highest BCUT2D eigenvalue weighted by Gasteiger charge is 2.28. The molecule has 2 heterocycles. The first-order chi connectivity index (χ1) is 10.8. The molecule has 2 aromatic heterocycles. The number of halogens is 3. The third kappa shape index (κ3) is 5.19. The van der Waals surface area contributed by atoms with Crippen molar-refractivity contribution in [2.24, 2.45) is 0 Å². The van der Waals surface area contributed by atoms with Crippen LogP contribution in [0.25, 0.3) is 5.65 Å². The molecule has 0 radical (unpaired) electrons. The van der Waals surface area contributed by atoms with Crippen LogP contribution in [0.2, 0.25) is 0 Å². The third-order valence-electron chi connectivity index (χ3n) is 3.51. The first-order valence-electron chi connectivity index (χ1n) is 7.29. The molecular formula is C15H20F3N3O2. The molecule has 1 atom stereocenters. The lowest BCUT2D eigenvalue weighted by atomic mass is 10.2. The number of rotatable bonds is 7. The highest BCUT2D eigenvalue weighted by molar-refractivity contribution is 5.41. The molecule has 0 spiro atoms. The number of imidazole rings is 1. The summed E-state index contributed by atoms with van der Waals surface area (Å²) in [6.45, 7) is 1.35. The number of hydrogen-bond donors (Lipinski definition) is 2. The molecule has 2 aromatic rings. The molecular weight excluding hydrogens is 311 g/mol. The van der Waals surface area contributed by atoms with Gasteiger partial charge < -0.3 is 14.6 Å². The zero-order valence-electron chi connectivity index (χ0n) is 12.8. The number of aromatic nitrogens is 2. The summed E-state index contributed by atoms with van der Waals surface area (Å²) >= 11 is 0. The first-order valence-corrected chi connectivity index (χ1v) is 7.29. The second kappa shape index (κ2) is 7.29. The molecule has 0 bridgehead atoms. The van der Waals surface area contributed by atoms with Crippen LogP contribution in [0.5, 0.6) is 0 Å². The standard InChI is InChI=1S/C15H20F3N3O2/c1-11-2-3-14-19-6-12(21(14)7-11)8-20(9-13(23)10-22)5-4-15(16,17)18/h2-3,6-7,13,22-23H,4-5,8-10H2,1H3/t13-/m0/s1. The van der Waals surface area contributed by atoms with Crippen molar-refractivity contribution in [3.8, 4) is 0 Å². The topological polar surface area (TPSA) is 61.0 Å². The molecule has 0 saturated carbocycles. The monoisotopic (exact) mass is 331 g/mol. The van der Waals surface area contributed by atoms with Gasteiger partial charge in [-0.15, -0.1) is 0 Å². The van der Waals surface area contributed by atoms with Crippen molar-refractivity contribution in [2.75, 3.05) is 19.7 Å². The van der Waals surface area contributed by atoms with Gasteiger partial charge in [0.05, 0.1) is 31.0 Å². The number of alkyl halides is 3. The third-order valence-corrected chi connectivity index (χ3v) is 3.51. The SMILES string of the molecule is Cc1ccc2ncc(CN(CCC(F)(F)F)C[C@H](O)CO)n2c1. The van der Waals surface area contributed by atoms with E-state index < -0.39 is 25.3 Å². The fourth-order valence-electron chi connectivity index (χ4n) is 2.36. The summed E-state index contributed by atoms with van der Waals surface area (Å²) in [7, 11) is 0. The number of fused-ring (bicyclic) bond motifs is 1. The lowest BCUT2D eigenvalue weighted by Crippen LogP contribution is -2.36. The summed E-state index contributed by atoms with van der Waals surface area (Å²) in [5, 5.41) is 18.5. The normalized spacial score (nSPS) is 13.9. The average Bonchev–Trinajstić information content (AvgIpc) is 2.86. The molecule has 2 rings (SSSR count). The fourth-order valence-corrected chi connectivity index (χ4v) is 2.36. The smallest absolute Gasteiger partial charge is 0.390 e. The summed E-state index contributed by atoms with van der Waals surface area (Å²) < 4.78 is 39.2. The van der Waals surface area contributed by atoms with Crippen LogP contribution in [0.1, 0.15) is 17.7 Å². The maximum absolute atomic E-state index is 12.5. The minimum atomic E-state index is -4.27. The lowest BCUT2D eigenvalue weighted by molar-refractivity contribution is -0.139. The van der Waals surface area contributed by atoms with Gasteiger partial charge in [0.15, 0.2) is 0 Å². The molecule has 0 unspecified atom stereocenters. The summed E-state index contributed by atoms with van der Waals surface area (Å²) in [4.78, 5) is 5.70. The van der Waals surface area contributed by atoms with E-state index in [9.17, 15) is 18.3 Å². The Labute approximate surface area is 132 Å². The number of aryl methyl sites for hydroxylation is 1. The van der Waals surface area contributed by atoms with Crippen molar-refractivity contribution in [3.63, 3.8) is 0 Å². The van der Waals surface area contributed by atoms with Crippen LogP contribution in [0.15, 0.2) is 24.5 Å². The van der Waals surface area contributed by atoms with Crippen molar-refractivity contribution in [1.82, 2.24) is 14.3 Å². The van der Waals surface area contributed by atoms with Crippen LogP contribution < -0.4 is 0 Å². The number of hydrogen-bond acceptors (Lipinski definition) is 4. The van der Waals surface area contributed by atoms with Crippen molar-refractivity contribution < 1.29 is 23.4 Å². The predicted molar refractivity (Wildman–Crippen MR) is 79.0 cm³/mol. The Morgan fingerprint density at radius 3 is 2.74 bits per heavy atom. The van der Waals surface area contributed by atoms with Gasteiger partial charge in [-0.2, -0.15) is 13.2 Å². The quantitative estimate of drug-likeness (QED) is 0.811. The van der Waals surface area contributed by atoms with E-state index in [1.54, 1.807) is 6.20 Å². The van der Waals surface area contributed by atoms with E-state index in [0.29, 0.717) is 5.65 Å². The maximum atomic E-state index is 12.5. The molecule has 23 heavy (non-hydrogen) atoms. The van der Waals surface area contributed by atoms with Crippen molar-refractivity contribution in [3.05, 3.63) is 35.8 Å². The van der Waals surface area contributed by atoms with E-state index in [1.165, 1.54) is 4.90 Å². The van der Waals surface area contributed by atoms with Gasteiger partial charge in [0, 0.05) is 25.8 Å². The molecule has 0 aliphatic heterocycles.